The quantitative estimate of drug-likeness (QED) is 0.531. The van der Waals surface area contributed by atoms with E-state index in [0.29, 0.717) is 0 Å². The van der Waals surface area contributed by atoms with E-state index in [2.05, 4.69) is 33.9 Å². The van der Waals surface area contributed by atoms with Gasteiger partial charge in [0.25, 0.3) is 0 Å². The van der Waals surface area contributed by atoms with Crippen LogP contribution in [-0.2, 0) is 0 Å². The van der Waals surface area contributed by atoms with Crippen LogP contribution in [0.2, 0.25) is 0 Å². The summed E-state index contributed by atoms with van der Waals surface area (Å²) in [5, 5.41) is 0. The summed E-state index contributed by atoms with van der Waals surface area (Å²) in [7, 11) is 0. The van der Waals surface area contributed by atoms with Crippen LogP contribution < -0.4 is 0 Å². The Morgan fingerprint density at radius 2 is 2.23 bits per heavy atom. The first-order valence-electron chi connectivity index (χ1n) is 4.17. The lowest BCUT2D eigenvalue weighted by atomic mass is 10.2. The van der Waals surface area contributed by atoms with E-state index in [1.54, 1.807) is 0 Å². The Bertz CT molecular complexity index is 394. The molecular weight excluding hydrogens is 275 g/mol. The minimum atomic E-state index is 0.149. The molecule has 0 radical (unpaired) electrons. The standard InChI is InChI=1S/C10H11IN2/c1-7-3-9-5-11-4-8(2)13-10(9)12-6-7/h3,5-6H,4H2,1-2H3. The van der Waals surface area contributed by atoms with E-state index in [1.165, 1.54) is 16.8 Å². The third-order valence-electron chi connectivity index (χ3n) is 1.79. The number of halogens is 1. The van der Waals surface area contributed by atoms with Gasteiger partial charge in [-0.05, 0) is 29.5 Å². The molecule has 1 aliphatic heterocycles. The highest BCUT2D eigenvalue weighted by molar-refractivity contribution is 14.2. The van der Waals surface area contributed by atoms with Crippen LogP contribution in [-0.4, -0.2) is 19.1 Å². The number of hydrogen-bond acceptors (Lipinski definition) is 2. The van der Waals surface area contributed by atoms with Crippen molar-refractivity contribution in [3.8, 4) is 0 Å². The molecule has 0 bridgehead atoms. The van der Waals surface area contributed by atoms with Gasteiger partial charge in [-0.15, -0.1) is 20.7 Å². The minimum Gasteiger partial charge on any atom is -0.237 e. The van der Waals surface area contributed by atoms with Crippen LogP contribution in [0.3, 0.4) is 0 Å². The number of nitrogens with zero attached hydrogens (tertiary/aromatic N) is 2. The van der Waals surface area contributed by atoms with Gasteiger partial charge in [0.1, 0.15) is 0 Å². The van der Waals surface area contributed by atoms with Gasteiger partial charge in [0, 0.05) is 21.9 Å². The SMILES string of the molecule is CC1=Nc2ncc(C)cc2C=IC1. The van der Waals surface area contributed by atoms with Crippen LogP contribution >= 0.6 is 20.7 Å². The van der Waals surface area contributed by atoms with E-state index >= 15 is 0 Å². The summed E-state index contributed by atoms with van der Waals surface area (Å²) in [5.41, 5.74) is 3.66. The van der Waals surface area contributed by atoms with Gasteiger partial charge in [0.15, 0.2) is 5.82 Å². The van der Waals surface area contributed by atoms with Gasteiger partial charge in [0.2, 0.25) is 0 Å². The molecule has 0 fully saturated rings. The average molecular weight is 286 g/mol. The zero-order chi connectivity index (χ0) is 9.26. The molecule has 1 aromatic heterocycles. The highest BCUT2D eigenvalue weighted by Gasteiger charge is 2.04. The summed E-state index contributed by atoms with van der Waals surface area (Å²) in [4.78, 5) is 8.81. The van der Waals surface area contributed by atoms with Gasteiger partial charge in [0.05, 0.1) is 0 Å². The molecule has 0 N–H and O–H groups in total. The molecule has 0 aromatic carbocycles. The van der Waals surface area contributed by atoms with Crippen LogP contribution in [0.1, 0.15) is 18.1 Å². The molecular formula is C10H11IN2. The second kappa shape index (κ2) is 3.65. The van der Waals surface area contributed by atoms with E-state index in [1.807, 2.05) is 6.20 Å². The van der Waals surface area contributed by atoms with Crippen LogP contribution in [0.15, 0.2) is 17.3 Å². The number of aromatic nitrogens is 1. The molecule has 0 unspecified atom stereocenters. The van der Waals surface area contributed by atoms with Gasteiger partial charge < -0.3 is 0 Å². The summed E-state index contributed by atoms with van der Waals surface area (Å²) in [6, 6.07) is 2.17. The first kappa shape index (κ1) is 8.99. The average Bonchev–Trinajstić information content (AvgIpc) is 2.25. The lowest BCUT2D eigenvalue weighted by Crippen LogP contribution is -1.90. The first-order chi connectivity index (χ1) is 6.25. The van der Waals surface area contributed by atoms with Crippen LogP contribution in [0.4, 0.5) is 5.82 Å². The second-order valence-corrected chi connectivity index (χ2v) is 5.44. The number of pyridine rings is 1. The third-order valence-corrected chi connectivity index (χ3v) is 4.45. The van der Waals surface area contributed by atoms with E-state index in [0.717, 1.165) is 10.2 Å². The Labute approximate surface area is 87.9 Å². The molecule has 2 nitrogen and oxygen atoms in total. The summed E-state index contributed by atoms with van der Waals surface area (Å²) < 4.78 is 3.49. The molecule has 0 atom stereocenters. The van der Waals surface area contributed by atoms with Gasteiger partial charge in [-0.2, -0.15) is 0 Å². The van der Waals surface area contributed by atoms with Gasteiger partial charge in [-0.25, -0.2) is 9.98 Å². The maximum Gasteiger partial charge on any atom is 0.159 e. The van der Waals surface area contributed by atoms with Gasteiger partial charge in [-0.3, -0.25) is 0 Å². The summed E-state index contributed by atoms with van der Waals surface area (Å²) >= 11 is 0.149. The summed E-state index contributed by atoms with van der Waals surface area (Å²) in [6.07, 6.45) is 1.88. The Morgan fingerprint density at radius 3 is 3.08 bits per heavy atom. The van der Waals surface area contributed by atoms with Crippen LogP contribution in [0.5, 0.6) is 0 Å². The topological polar surface area (TPSA) is 25.2 Å². The van der Waals surface area contributed by atoms with Crippen LogP contribution in [0, 0.1) is 6.92 Å². The fourth-order valence-electron chi connectivity index (χ4n) is 1.20. The number of fused-ring (bicyclic) bond motifs is 1. The van der Waals surface area contributed by atoms with Crippen molar-refractivity contribution in [3.05, 3.63) is 23.4 Å². The molecule has 1 aliphatic rings. The number of alkyl halides is 1. The van der Waals surface area contributed by atoms with E-state index in [-0.39, 0.29) is 20.7 Å². The lowest BCUT2D eigenvalue weighted by molar-refractivity contribution is 1.22. The predicted molar refractivity (Wildman–Crippen MR) is 65.8 cm³/mol. The Kier molecular flexibility index (Phi) is 2.53. The van der Waals surface area contributed by atoms with Gasteiger partial charge in [-0.1, -0.05) is 0 Å². The molecule has 0 amide bonds. The zero-order valence-corrected chi connectivity index (χ0v) is 9.87. The molecule has 1 aromatic rings. The predicted octanol–water partition coefficient (Wildman–Crippen LogP) is 2.62. The molecule has 0 spiro atoms. The second-order valence-electron chi connectivity index (χ2n) is 3.17. The normalized spacial score (nSPS) is 15.4. The summed E-state index contributed by atoms with van der Waals surface area (Å²) in [6.45, 7) is 4.16. The zero-order valence-electron chi connectivity index (χ0n) is 7.71. The van der Waals surface area contributed by atoms with E-state index in [9.17, 15) is 0 Å². The maximum atomic E-state index is 4.48. The number of hydrogen-bond donors (Lipinski definition) is 0. The van der Waals surface area contributed by atoms with Crippen LogP contribution in [0.25, 0.3) is 0 Å². The number of rotatable bonds is 0. The van der Waals surface area contributed by atoms with E-state index < -0.39 is 0 Å². The van der Waals surface area contributed by atoms with Crippen molar-refractivity contribution >= 4 is 36.3 Å². The van der Waals surface area contributed by atoms with Crippen molar-refractivity contribution < 1.29 is 0 Å². The lowest BCUT2D eigenvalue weighted by Gasteiger charge is -1.99. The Hall–Kier alpha value is -0.580. The van der Waals surface area contributed by atoms with Crippen molar-refractivity contribution in [2.45, 2.75) is 13.8 Å². The van der Waals surface area contributed by atoms with Crippen molar-refractivity contribution in [1.29, 1.82) is 0 Å². The fraction of sp³-hybridized carbons (Fsp3) is 0.300. The summed E-state index contributed by atoms with van der Waals surface area (Å²) in [5.74, 6) is 0.903. The fourth-order valence-corrected chi connectivity index (χ4v) is 3.16. The molecule has 13 heavy (non-hydrogen) atoms. The van der Waals surface area contributed by atoms with Gasteiger partial charge >= 0.3 is 0 Å². The molecule has 0 saturated carbocycles. The third kappa shape index (κ3) is 2.02. The minimum absolute atomic E-state index is 0.149. The highest BCUT2D eigenvalue weighted by atomic mass is 127. The van der Waals surface area contributed by atoms with E-state index in [4.69, 9.17) is 0 Å². The first-order valence-corrected chi connectivity index (χ1v) is 6.94. The molecule has 3 heteroatoms. The maximum absolute atomic E-state index is 4.48. The smallest absolute Gasteiger partial charge is 0.159 e. The molecule has 0 aliphatic carbocycles. The van der Waals surface area contributed by atoms with Crippen molar-refractivity contribution in [3.63, 3.8) is 0 Å². The van der Waals surface area contributed by atoms with Crippen molar-refractivity contribution in [2.75, 3.05) is 4.43 Å². The highest BCUT2D eigenvalue weighted by Crippen LogP contribution is 2.20. The Morgan fingerprint density at radius 1 is 1.38 bits per heavy atom. The Balaban J connectivity index is 2.58. The molecule has 2 heterocycles. The molecule has 0 saturated heterocycles. The van der Waals surface area contributed by atoms with Crippen molar-refractivity contribution in [2.24, 2.45) is 4.99 Å². The number of aliphatic imine (C=N–C) groups is 1. The molecule has 68 valence electrons. The largest absolute Gasteiger partial charge is 0.237 e. The molecule has 2 rings (SSSR count). The monoisotopic (exact) mass is 286 g/mol. The van der Waals surface area contributed by atoms with Crippen molar-refractivity contribution in [1.82, 2.24) is 4.98 Å². The number of aryl methyl sites for hydroxylation is 1.